The lowest BCUT2D eigenvalue weighted by molar-refractivity contribution is -0.137. The number of carbonyl (C=O) groups excluding carboxylic acids is 1. The molecule has 0 aromatic carbocycles. The van der Waals surface area contributed by atoms with Gasteiger partial charge in [0.15, 0.2) is 0 Å². The Balaban J connectivity index is 2.07. The van der Waals surface area contributed by atoms with Crippen LogP contribution < -0.4 is 16.4 Å². The van der Waals surface area contributed by atoms with Crippen LogP contribution in [0.15, 0.2) is 46.2 Å². The molecular weight excluding hydrogens is 315 g/mol. The van der Waals surface area contributed by atoms with Gasteiger partial charge in [0.1, 0.15) is 5.69 Å². The smallest absolute Gasteiger partial charge is 0.327 e. The van der Waals surface area contributed by atoms with Crippen molar-refractivity contribution in [1.82, 2.24) is 9.55 Å². The van der Waals surface area contributed by atoms with Crippen LogP contribution in [0, 0.1) is 0 Å². The maximum Gasteiger partial charge on any atom is 0.417 e. The van der Waals surface area contributed by atoms with Crippen molar-refractivity contribution in [1.29, 1.82) is 0 Å². The van der Waals surface area contributed by atoms with Gasteiger partial charge in [-0.15, -0.1) is 0 Å². The van der Waals surface area contributed by atoms with E-state index in [1.54, 1.807) is 12.1 Å². The number of hydrogen-bond acceptors (Lipinski definition) is 3. The van der Waals surface area contributed by atoms with Crippen LogP contribution in [0.2, 0.25) is 0 Å². The summed E-state index contributed by atoms with van der Waals surface area (Å²) in [5.74, 6) is -0.675. The molecule has 122 valence electrons. The molecule has 0 atom stereocenters. The first-order chi connectivity index (χ1) is 10.8. The zero-order valence-corrected chi connectivity index (χ0v) is 11.7. The van der Waals surface area contributed by atoms with Gasteiger partial charge < -0.3 is 14.9 Å². The average molecular weight is 327 g/mol. The van der Waals surface area contributed by atoms with Crippen molar-refractivity contribution in [3.05, 3.63) is 62.9 Å². The summed E-state index contributed by atoms with van der Waals surface area (Å²) in [6.07, 6.45) is -2.80. The van der Waals surface area contributed by atoms with Crippen LogP contribution in [0.1, 0.15) is 12.0 Å². The Hall–Kier alpha value is -2.84. The molecule has 0 saturated carbocycles. The van der Waals surface area contributed by atoms with Crippen LogP contribution in [0.3, 0.4) is 0 Å². The molecule has 0 bridgehead atoms. The lowest BCUT2D eigenvalue weighted by Gasteiger charge is -2.09. The third kappa shape index (κ3) is 4.31. The fourth-order valence-corrected chi connectivity index (χ4v) is 1.82. The summed E-state index contributed by atoms with van der Waals surface area (Å²) in [5, 5.41) is 2.11. The number of hydrogen-bond donors (Lipinski definition) is 2. The third-order valence-electron chi connectivity index (χ3n) is 2.98. The highest BCUT2D eigenvalue weighted by Crippen LogP contribution is 2.29. The molecule has 0 spiro atoms. The van der Waals surface area contributed by atoms with Gasteiger partial charge in [-0.25, -0.2) is 0 Å². The summed E-state index contributed by atoms with van der Waals surface area (Å²) in [6, 6.07) is 5.03. The van der Waals surface area contributed by atoms with E-state index < -0.39 is 28.9 Å². The topological polar surface area (TPSA) is 84.0 Å². The van der Waals surface area contributed by atoms with E-state index in [-0.39, 0.29) is 18.5 Å². The van der Waals surface area contributed by atoms with Crippen LogP contribution in [0.4, 0.5) is 18.9 Å². The maximum atomic E-state index is 12.6. The number of amides is 1. The Morgan fingerprint density at radius 3 is 2.65 bits per heavy atom. The lowest BCUT2D eigenvalue weighted by atomic mass is 10.2. The number of carbonyl (C=O) groups is 1. The molecule has 0 saturated heterocycles. The summed E-state index contributed by atoms with van der Waals surface area (Å²) < 4.78 is 39.0. The van der Waals surface area contributed by atoms with E-state index in [9.17, 15) is 27.6 Å². The highest BCUT2D eigenvalue weighted by Gasteiger charge is 2.31. The Bertz CT molecular complexity index is 824. The number of aryl methyl sites for hydroxylation is 1. The summed E-state index contributed by atoms with van der Waals surface area (Å²) in [5.41, 5.74) is -2.72. The number of aromatic nitrogens is 2. The van der Waals surface area contributed by atoms with Crippen LogP contribution in [0.25, 0.3) is 0 Å². The molecule has 2 rings (SSSR count). The van der Waals surface area contributed by atoms with Crippen LogP contribution in [-0.2, 0) is 17.5 Å². The summed E-state index contributed by atoms with van der Waals surface area (Å²) in [4.78, 5) is 36.6. The first-order valence-electron chi connectivity index (χ1n) is 6.52. The second kappa shape index (κ2) is 6.51. The van der Waals surface area contributed by atoms with Crippen molar-refractivity contribution in [2.24, 2.45) is 0 Å². The van der Waals surface area contributed by atoms with E-state index >= 15 is 0 Å². The van der Waals surface area contributed by atoms with Crippen LogP contribution >= 0.6 is 0 Å². The molecule has 0 aliphatic heterocycles. The molecule has 2 heterocycles. The minimum absolute atomic E-state index is 0.0440. The molecule has 0 fully saturated rings. The Kier molecular flexibility index (Phi) is 4.68. The highest BCUT2D eigenvalue weighted by molar-refractivity contribution is 5.90. The van der Waals surface area contributed by atoms with Gasteiger partial charge in [0.05, 0.1) is 5.56 Å². The zero-order valence-electron chi connectivity index (χ0n) is 11.7. The predicted molar refractivity (Wildman–Crippen MR) is 76.0 cm³/mol. The van der Waals surface area contributed by atoms with Gasteiger partial charge in [-0.3, -0.25) is 14.4 Å². The molecule has 23 heavy (non-hydrogen) atoms. The number of anilines is 1. The normalized spacial score (nSPS) is 11.3. The van der Waals surface area contributed by atoms with Gasteiger partial charge in [0, 0.05) is 31.4 Å². The van der Waals surface area contributed by atoms with Gasteiger partial charge >= 0.3 is 6.18 Å². The molecule has 0 unspecified atom stereocenters. The van der Waals surface area contributed by atoms with E-state index in [4.69, 9.17) is 0 Å². The molecule has 0 radical (unpaired) electrons. The van der Waals surface area contributed by atoms with E-state index in [0.717, 1.165) is 0 Å². The highest BCUT2D eigenvalue weighted by atomic mass is 19.4. The number of rotatable bonds is 4. The average Bonchev–Trinajstić information content (AvgIpc) is 2.47. The standard InChI is InChI=1S/C14H12F3N3O3/c15-14(16,17)9-7-10(13(23)18-8-9)19-11(21)4-6-20-5-2-1-3-12(20)22/h1-3,5,7-8H,4,6H2,(H,18,23)(H,19,21). The summed E-state index contributed by atoms with van der Waals surface area (Å²) in [6.45, 7) is 0.0440. The quantitative estimate of drug-likeness (QED) is 0.894. The van der Waals surface area contributed by atoms with Gasteiger partial charge in [-0.2, -0.15) is 13.2 Å². The van der Waals surface area contributed by atoms with Crippen molar-refractivity contribution in [3.63, 3.8) is 0 Å². The number of aromatic amines is 1. The molecule has 2 aromatic rings. The van der Waals surface area contributed by atoms with E-state index in [1.807, 2.05) is 4.98 Å². The van der Waals surface area contributed by atoms with E-state index in [0.29, 0.717) is 12.3 Å². The Labute approximate surface area is 127 Å². The van der Waals surface area contributed by atoms with Crippen molar-refractivity contribution >= 4 is 11.6 Å². The van der Waals surface area contributed by atoms with Gasteiger partial charge in [-0.1, -0.05) is 6.07 Å². The first kappa shape index (κ1) is 16.5. The molecule has 0 aliphatic rings. The summed E-state index contributed by atoms with van der Waals surface area (Å²) >= 11 is 0. The van der Waals surface area contributed by atoms with Crippen LogP contribution in [0.5, 0.6) is 0 Å². The minimum Gasteiger partial charge on any atom is -0.327 e. The Morgan fingerprint density at radius 1 is 1.26 bits per heavy atom. The summed E-state index contributed by atoms with van der Waals surface area (Å²) in [7, 11) is 0. The second-order valence-corrected chi connectivity index (χ2v) is 4.66. The number of alkyl halides is 3. The number of pyridine rings is 2. The van der Waals surface area contributed by atoms with Gasteiger partial charge in [0.2, 0.25) is 5.91 Å². The number of nitrogens with one attached hydrogen (secondary N) is 2. The fraction of sp³-hybridized carbons (Fsp3) is 0.214. The molecule has 2 aromatic heterocycles. The maximum absolute atomic E-state index is 12.6. The van der Waals surface area contributed by atoms with E-state index in [2.05, 4.69) is 5.32 Å². The number of halogens is 3. The predicted octanol–water partition coefficient (Wildman–Crippen LogP) is 1.58. The lowest BCUT2D eigenvalue weighted by Crippen LogP contribution is -2.24. The van der Waals surface area contributed by atoms with Gasteiger partial charge in [-0.05, 0) is 12.1 Å². The van der Waals surface area contributed by atoms with Crippen molar-refractivity contribution < 1.29 is 18.0 Å². The van der Waals surface area contributed by atoms with E-state index in [1.165, 1.54) is 16.8 Å². The van der Waals surface area contributed by atoms with Crippen LogP contribution in [-0.4, -0.2) is 15.5 Å². The third-order valence-corrected chi connectivity index (χ3v) is 2.98. The number of nitrogens with zero attached hydrogens (tertiary/aromatic N) is 1. The SMILES string of the molecule is O=C(CCn1ccccc1=O)Nc1cc(C(F)(F)F)c[nH]c1=O. The monoisotopic (exact) mass is 327 g/mol. The van der Waals surface area contributed by atoms with Crippen molar-refractivity contribution in [3.8, 4) is 0 Å². The minimum atomic E-state index is -4.64. The zero-order chi connectivity index (χ0) is 17.0. The molecule has 1 amide bonds. The molecule has 0 aliphatic carbocycles. The largest absolute Gasteiger partial charge is 0.417 e. The Morgan fingerprint density at radius 2 is 2.00 bits per heavy atom. The molecular formula is C14H12F3N3O3. The second-order valence-electron chi connectivity index (χ2n) is 4.66. The molecule has 6 nitrogen and oxygen atoms in total. The molecule has 9 heteroatoms. The number of H-pyrrole nitrogens is 1. The van der Waals surface area contributed by atoms with Crippen molar-refractivity contribution in [2.75, 3.05) is 5.32 Å². The molecule has 2 N–H and O–H groups in total. The fourth-order valence-electron chi connectivity index (χ4n) is 1.82. The first-order valence-corrected chi connectivity index (χ1v) is 6.52. The van der Waals surface area contributed by atoms with Crippen molar-refractivity contribution in [2.45, 2.75) is 19.1 Å². The van der Waals surface area contributed by atoms with Gasteiger partial charge in [0.25, 0.3) is 11.1 Å².